The van der Waals surface area contributed by atoms with E-state index in [1.54, 1.807) is 26.2 Å². The number of nitrogens with two attached hydrogens (primary N) is 1. The Kier molecular flexibility index (Phi) is 7.34. The molecule has 0 amide bonds. The molecule has 0 saturated heterocycles. The molecule has 40 heavy (non-hydrogen) atoms. The van der Waals surface area contributed by atoms with Crippen molar-refractivity contribution in [3.05, 3.63) is 94.3 Å². The summed E-state index contributed by atoms with van der Waals surface area (Å²) in [5.41, 5.74) is 8.65. The van der Waals surface area contributed by atoms with Crippen molar-refractivity contribution in [2.75, 3.05) is 13.7 Å². The van der Waals surface area contributed by atoms with E-state index in [4.69, 9.17) is 29.1 Å². The minimum absolute atomic E-state index is 0.0309. The molecular formula is C31H27FN2O6. The van der Waals surface area contributed by atoms with E-state index in [2.05, 4.69) is 13.0 Å². The Labute approximate surface area is 230 Å². The molecule has 204 valence electrons. The molecule has 2 N–H and O–H groups in total. The lowest BCUT2D eigenvalue weighted by Gasteiger charge is -2.27. The van der Waals surface area contributed by atoms with Crippen molar-refractivity contribution < 1.29 is 32.5 Å². The zero-order chi connectivity index (χ0) is 28.4. The van der Waals surface area contributed by atoms with Crippen molar-refractivity contribution >= 4 is 16.9 Å². The van der Waals surface area contributed by atoms with Crippen LogP contribution in [0.15, 0.2) is 70.5 Å². The number of benzene rings is 3. The van der Waals surface area contributed by atoms with Crippen LogP contribution in [0.2, 0.25) is 0 Å². The van der Waals surface area contributed by atoms with Gasteiger partial charge in [0.1, 0.15) is 34.5 Å². The molecule has 1 aliphatic heterocycles. The molecule has 4 aromatic rings. The Bertz CT molecular complexity index is 1680. The van der Waals surface area contributed by atoms with Gasteiger partial charge in [-0.05, 0) is 55.3 Å². The summed E-state index contributed by atoms with van der Waals surface area (Å²) in [6.45, 7) is 4.31. The van der Waals surface area contributed by atoms with E-state index in [1.165, 1.54) is 24.3 Å². The van der Waals surface area contributed by atoms with Crippen LogP contribution in [0.4, 0.5) is 4.39 Å². The minimum atomic E-state index is -0.744. The molecule has 3 aromatic carbocycles. The largest absolute Gasteiger partial charge is 0.493 e. The van der Waals surface area contributed by atoms with Gasteiger partial charge in [0.05, 0.1) is 19.6 Å². The van der Waals surface area contributed by atoms with Crippen LogP contribution in [-0.2, 0) is 0 Å². The van der Waals surface area contributed by atoms with E-state index in [0.717, 1.165) is 18.4 Å². The highest BCUT2D eigenvalue weighted by Crippen LogP contribution is 2.45. The van der Waals surface area contributed by atoms with Gasteiger partial charge in [0.2, 0.25) is 11.6 Å². The third-order valence-electron chi connectivity index (χ3n) is 6.76. The number of nitriles is 1. The van der Waals surface area contributed by atoms with Crippen LogP contribution in [0.25, 0.3) is 11.0 Å². The van der Waals surface area contributed by atoms with Crippen molar-refractivity contribution in [1.29, 1.82) is 5.26 Å². The number of carbonyl (C=O) groups excluding carboxylic acids is 1. The lowest BCUT2D eigenvalue weighted by Crippen LogP contribution is -2.21. The van der Waals surface area contributed by atoms with Gasteiger partial charge >= 0.3 is 5.97 Å². The SMILES string of the molecule is CCCCOc1ccc(C2C(C#N)=C(N)Oc3cc(OC(=O)c4oc5ccc(F)cc5c4C)ccc32)cc1OC. The van der Waals surface area contributed by atoms with E-state index >= 15 is 0 Å². The molecule has 1 aromatic heterocycles. The van der Waals surface area contributed by atoms with Gasteiger partial charge in [0, 0.05) is 22.6 Å². The number of fused-ring (bicyclic) bond motifs is 2. The topological polar surface area (TPSA) is 117 Å². The summed E-state index contributed by atoms with van der Waals surface area (Å²) in [7, 11) is 1.56. The zero-order valence-corrected chi connectivity index (χ0v) is 22.2. The predicted molar refractivity (Wildman–Crippen MR) is 145 cm³/mol. The van der Waals surface area contributed by atoms with Gasteiger partial charge in [0.15, 0.2) is 11.5 Å². The molecule has 0 spiro atoms. The average molecular weight is 543 g/mol. The van der Waals surface area contributed by atoms with Crippen molar-refractivity contribution in [2.24, 2.45) is 5.73 Å². The normalized spacial score (nSPS) is 14.3. The fourth-order valence-electron chi connectivity index (χ4n) is 4.69. The lowest BCUT2D eigenvalue weighted by molar-refractivity contribution is 0.0702. The van der Waals surface area contributed by atoms with E-state index in [1.807, 2.05) is 18.2 Å². The minimum Gasteiger partial charge on any atom is -0.493 e. The lowest BCUT2D eigenvalue weighted by atomic mass is 9.83. The van der Waals surface area contributed by atoms with Crippen molar-refractivity contribution in [2.45, 2.75) is 32.6 Å². The maximum atomic E-state index is 13.7. The first-order valence-electron chi connectivity index (χ1n) is 12.8. The van der Waals surface area contributed by atoms with Crippen molar-refractivity contribution in [1.82, 2.24) is 0 Å². The van der Waals surface area contributed by atoms with Gasteiger partial charge in [-0.25, -0.2) is 9.18 Å². The Balaban J connectivity index is 1.46. The average Bonchev–Trinajstić information content (AvgIpc) is 3.28. The van der Waals surface area contributed by atoms with Gasteiger partial charge in [0.25, 0.3) is 0 Å². The number of halogens is 1. The number of carbonyl (C=O) groups is 1. The molecule has 1 unspecified atom stereocenters. The third-order valence-corrected chi connectivity index (χ3v) is 6.76. The molecule has 8 nitrogen and oxygen atoms in total. The molecule has 5 rings (SSSR count). The molecule has 0 radical (unpaired) electrons. The highest BCUT2D eigenvalue weighted by molar-refractivity contribution is 5.96. The van der Waals surface area contributed by atoms with Crippen LogP contribution in [0, 0.1) is 24.1 Å². The number of methoxy groups -OCH3 is 1. The quantitative estimate of drug-likeness (QED) is 0.152. The first-order chi connectivity index (χ1) is 19.3. The second-order valence-electron chi connectivity index (χ2n) is 9.32. The highest BCUT2D eigenvalue weighted by atomic mass is 19.1. The summed E-state index contributed by atoms with van der Waals surface area (Å²) in [5, 5.41) is 10.4. The maximum Gasteiger partial charge on any atom is 0.379 e. The molecule has 0 bridgehead atoms. The Morgan fingerprint density at radius 1 is 1.12 bits per heavy atom. The second-order valence-corrected chi connectivity index (χ2v) is 9.32. The van der Waals surface area contributed by atoms with Gasteiger partial charge in [-0.3, -0.25) is 0 Å². The van der Waals surface area contributed by atoms with Gasteiger partial charge in [-0.15, -0.1) is 0 Å². The van der Waals surface area contributed by atoms with Crippen molar-refractivity contribution in [3.8, 4) is 29.1 Å². The molecular weight excluding hydrogens is 515 g/mol. The first kappa shape index (κ1) is 26.6. The number of rotatable bonds is 8. The van der Waals surface area contributed by atoms with E-state index in [-0.39, 0.29) is 23.0 Å². The van der Waals surface area contributed by atoms with E-state index in [9.17, 15) is 14.4 Å². The van der Waals surface area contributed by atoms with Crippen molar-refractivity contribution in [3.63, 3.8) is 0 Å². The molecule has 1 aliphatic rings. The molecule has 1 atom stereocenters. The van der Waals surface area contributed by atoms with Crippen LogP contribution in [-0.4, -0.2) is 19.7 Å². The number of unbranched alkanes of at least 4 members (excludes halogenated alkanes) is 1. The van der Waals surface area contributed by atoms with Gasteiger partial charge in [-0.2, -0.15) is 5.26 Å². The number of aryl methyl sites for hydroxylation is 1. The van der Waals surface area contributed by atoms with Gasteiger partial charge < -0.3 is 29.1 Å². The fraction of sp³-hybridized carbons (Fsp3) is 0.226. The second kappa shape index (κ2) is 11.0. The van der Waals surface area contributed by atoms with E-state index in [0.29, 0.717) is 46.0 Å². The zero-order valence-electron chi connectivity index (χ0n) is 22.2. The fourth-order valence-corrected chi connectivity index (χ4v) is 4.69. The third kappa shape index (κ3) is 4.92. The Hall–Kier alpha value is -4.97. The monoisotopic (exact) mass is 542 g/mol. The Morgan fingerprint density at radius 2 is 1.95 bits per heavy atom. The van der Waals surface area contributed by atoms with Crippen LogP contribution in [0.5, 0.6) is 23.0 Å². The number of nitrogens with zero attached hydrogens (tertiary/aromatic N) is 1. The summed E-state index contributed by atoms with van der Waals surface area (Å²) in [6, 6.07) is 16.5. The number of allylic oxidation sites excluding steroid dienone is 1. The summed E-state index contributed by atoms with van der Waals surface area (Å²) in [6.07, 6.45) is 1.92. The number of hydrogen-bond acceptors (Lipinski definition) is 8. The molecule has 0 fully saturated rings. The van der Waals surface area contributed by atoms with Crippen LogP contribution >= 0.6 is 0 Å². The van der Waals surface area contributed by atoms with Crippen LogP contribution < -0.4 is 24.7 Å². The summed E-state index contributed by atoms with van der Waals surface area (Å²) in [4.78, 5) is 12.9. The molecule has 2 heterocycles. The highest BCUT2D eigenvalue weighted by Gasteiger charge is 2.32. The maximum absolute atomic E-state index is 13.7. The molecule has 0 saturated carbocycles. The Morgan fingerprint density at radius 3 is 2.70 bits per heavy atom. The summed E-state index contributed by atoms with van der Waals surface area (Å²) in [5.74, 6) is -0.168. The van der Waals surface area contributed by atoms with Crippen LogP contribution in [0.3, 0.4) is 0 Å². The molecule has 9 heteroatoms. The number of ether oxygens (including phenoxy) is 4. The standard InChI is InChI=1S/C31H27FN2O6/c1-4-5-12-37-25-10-6-18(13-27(25)36-3)28-21-9-8-20(15-26(21)40-30(34)23(28)16-33)38-31(35)29-17(2)22-14-19(32)7-11-24(22)39-29/h6-11,13-15,28H,4-5,12,34H2,1-3H3. The van der Waals surface area contributed by atoms with E-state index < -0.39 is 17.7 Å². The number of esters is 1. The number of furan rings is 1. The summed E-state index contributed by atoms with van der Waals surface area (Å²) >= 11 is 0. The summed E-state index contributed by atoms with van der Waals surface area (Å²) < 4.78 is 42.1. The van der Waals surface area contributed by atoms with Gasteiger partial charge in [-0.1, -0.05) is 25.5 Å². The van der Waals surface area contributed by atoms with Crippen LogP contribution in [0.1, 0.15) is 52.9 Å². The smallest absolute Gasteiger partial charge is 0.379 e. The predicted octanol–water partition coefficient (Wildman–Crippen LogP) is 6.51. The number of hydrogen-bond donors (Lipinski definition) is 1. The molecule has 0 aliphatic carbocycles. The first-order valence-corrected chi connectivity index (χ1v) is 12.8.